The lowest BCUT2D eigenvalue weighted by molar-refractivity contribution is 0.103. The summed E-state index contributed by atoms with van der Waals surface area (Å²) in [6.45, 7) is 0. The molecule has 2 rings (SSSR count). The highest BCUT2D eigenvalue weighted by Crippen LogP contribution is 2.35. The monoisotopic (exact) mass is 353 g/mol. The van der Waals surface area contributed by atoms with Gasteiger partial charge in [-0.2, -0.15) is 5.26 Å². The Morgan fingerprint density at radius 2 is 1.58 bits per heavy atom. The molecular formula is C20H19NO5. The molecular weight excluding hydrogens is 334 g/mol. The third-order valence-electron chi connectivity index (χ3n) is 3.73. The molecule has 0 saturated heterocycles. The molecule has 6 heteroatoms. The second kappa shape index (κ2) is 8.58. The van der Waals surface area contributed by atoms with Crippen LogP contribution >= 0.6 is 0 Å². The quantitative estimate of drug-likeness (QED) is 0.431. The second-order valence-corrected chi connectivity index (χ2v) is 5.18. The Morgan fingerprint density at radius 3 is 2.15 bits per heavy atom. The normalized spacial score (nSPS) is 10.7. The molecule has 0 spiro atoms. The van der Waals surface area contributed by atoms with Crippen molar-refractivity contribution in [3.63, 3.8) is 0 Å². The molecule has 0 unspecified atom stereocenters. The van der Waals surface area contributed by atoms with E-state index < -0.39 is 5.78 Å². The molecule has 2 aromatic rings. The standard InChI is InChI=1S/C20H19NO5/c1-23-16-7-5-6-13(9-16)20(22)15(12-21)8-14-10-18(25-3)19(26-4)11-17(14)24-2/h5-11H,1-4H3/b15-8+. The fourth-order valence-electron chi connectivity index (χ4n) is 2.39. The van der Waals surface area contributed by atoms with Gasteiger partial charge in [0.05, 0.1) is 28.4 Å². The summed E-state index contributed by atoms with van der Waals surface area (Å²) in [4.78, 5) is 12.7. The molecule has 6 nitrogen and oxygen atoms in total. The smallest absolute Gasteiger partial charge is 0.203 e. The SMILES string of the molecule is COc1cccc(C(=O)/C(C#N)=C/c2cc(OC)c(OC)cc2OC)c1. The van der Waals surface area contributed by atoms with Gasteiger partial charge in [0.25, 0.3) is 0 Å². The average Bonchev–Trinajstić information content (AvgIpc) is 2.70. The van der Waals surface area contributed by atoms with Gasteiger partial charge in [-0.3, -0.25) is 4.79 Å². The predicted octanol–water partition coefficient (Wildman–Crippen LogP) is 3.51. The number of carbonyl (C=O) groups is 1. The second-order valence-electron chi connectivity index (χ2n) is 5.18. The van der Waals surface area contributed by atoms with Crippen molar-refractivity contribution in [3.05, 3.63) is 53.1 Å². The molecule has 0 amide bonds. The van der Waals surface area contributed by atoms with Gasteiger partial charge in [0.1, 0.15) is 23.1 Å². The Labute approximate surface area is 152 Å². The van der Waals surface area contributed by atoms with Gasteiger partial charge in [0, 0.05) is 17.2 Å². The summed E-state index contributed by atoms with van der Waals surface area (Å²) < 4.78 is 21.0. The van der Waals surface area contributed by atoms with Crippen molar-refractivity contribution >= 4 is 11.9 Å². The molecule has 0 N–H and O–H groups in total. The zero-order valence-corrected chi connectivity index (χ0v) is 15.0. The van der Waals surface area contributed by atoms with Gasteiger partial charge < -0.3 is 18.9 Å². The Balaban J connectivity index is 2.51. The summed E-state index contributed by atoms with van der Waals surface area (Å²) in [5.41, 5.74) is 0.846. The van der Waals surface area contributed by atoms with E-state index in [9.17, 15) is 10.1 Å². The number of rotatable bonds is 7. The molecule has 0 aliphatic heterocycles. The maximum atomic E-state index is 12.7. The predicted molar refractivity (Wildman–Crippen MR) is 97.0 cm³/mol. The van der Waals surface area contributed by atoms with Crippen molar-refractivity contribution < 1.29 is 23.7 Å². The number of ketones is 1. The number of nitrogens with zero attached hydrogens (tertiary/aromatic N) is 1. The lowest BCUT2D eigenvalue weighted by Crippen LogP contribution is -2.03. The molecule has 0 aliphatic carbocycles. The summed E-state index contributed by atoms with van der Waals surface area (Å²) in [5.74, 6) is 1.53. The number of carbonyl (C=O) groups excluding carboxylic acids is 1. The van der Waals surface area contributed by atoms with E-state index in [0.717, 1.165) is 0 Å². The summed E-state index contributed by atoms with van der Waals surface area (Å²) in [6.07, 6.45) is 1.46. The number of hydrogen-bond acceptors (Lipinski definition) is 6. The third kappa shape index (κ3) is 3.95. The Kier molecular flexibility index (Phi) is 6.23. The van der Waals surface area contributed by atoms with Crippen LogP contribution in [0.15, 0.2) is 42.0 Å². The van der Waals surface area contributed by atoms with E-state index in [1.165, 1.54) is 34.5 Å². The first-order valence-electron chi connectivity index (χ1n) is 7.68. The van der Waals surface area contributed by atoms with Crippen LogP contribution in [0.5, 0.6) is 23.0 Å². The summed E-state index contributed by atoms with van der Waals surface area (Å²) in [6, 6.07) is 11.9. The van der Waals surface area contributed by atoms with Gasteiger partial charge in [0.2, 0.25) is 5.78 Å². The van der Waals surface area contributed by atoms with Crippen LogP contribution in [0.25, 0.3) is 6.08 Å². The van der Waals surface area contributed by atoms with E-state index in [-0.39, 0.29) is 5.57 Å². The van der Waals surface area contributed by atoms with Gasteiger partial charge in [-0.1, -0.05) is 12.1 Å². The largest absolute Gasteiger partial charge is 0.497 e. The molecule has 0 atom stereocenters. The summed E-state index contributed by atoms with van der Waals surface area (Å²) in [7, 11) is 6.03. The molecule has 0 fully saturated rings. The minimum atomic E-state index is -0.414. The van der Waals surface area contributed by atoms with Gasteiger partial charge in [-0.05, 0) is 24.3 Å². The van der Waals surface area contributed by atoms with Crippen LogP contribution in [0, 0.1) is 11.3 Å². The zero-order chi connectivity index (χ0) is 19.1. The Bertz CT molecular complexity index is 880. The van der Waals surface area contributed by atoms with Crippen molar-refractivity contribution in [2.75, 3.05) is 28.4 Å². The maximum Gasteiger partial charge on any atom is 0.203 e. The van der Waals surface area contributed by atoms with E-state index >= 15 is 0 Å². The van der Waals surface area contributed by atoms with Crippen LogP contribution in [0.3, 0.4) is 0 Å². The number of Topliss-reactive ketones (excluding diaryl/α,β-unsaturated/α-hetero) is 1. The first kappa shape index (κ1) is 18.9. The molecule has 0 saturated carbocycles. The molecule has 0 radical (unpaired) electrons. The number of allylic oxidation sites excluding steroid dienone is 1. The Morgan fingerprint density at radius 1 is 0.923 bits per heavy atom. The number of ether oxygens (including phenoxy) is 4. The molecule has 0 bridgehead atoms. The lowest BCUT2D eigenvalue weighted by Gasteiger charge is -2.12. The molecule has 0 aromatic heterocycles. The molecule has 0 heterocycles. The van der Waals surface area contributed by atoms with Crippen LogP contribution in [0.2, 0.25) is 0 Å². The number of methoxy groups -OCH3 is 4. The van der Waals surface area contributed by atoms with Crippen LogP contribution in [-0.4, -0.2) is 34.2 Å². The topological polar surface area (TPSA) is 77.8 Å². The van der Waals surface area contributed by atoms with E-state index in [1.807, 2.05) is 6.07 Å². The van der Waals surface area contributed by atoms with Crippen molar-refractivity contribution in [1.82, 2.24) is 0 Å². The number of benzene rings is 2. The van der Waals surface area contributed by atoms with E-state index in [2.05, 4.69) is 0 Å². The van der Waals surface area contributed by atoms with Crippen LogP contribution in [-0.2, 0) is 0 Å². The van der Waals surface area contributed by atoms with Gasteiger partial charge >= 0.3 is 0 Å². The van der Waals surface area contributed by atoms with Gasteiger partial charge in [-0.25, -0.2) is 0 Å². The first-order chi connectivity index (χ1) is 12.6. The van der Waals surface area contributed by atoms with Crippen molar-refractivity contribution in [2.45, 2.75) is 0 Å². The van der Waals surface area contributed by atoms with Crippen LogP contribution in [0.1, 0.15) is 15.9 Å². The molecule has 26 heavy (non-hydrogen) atoms. The zero-order valence-electron chi connectivity index (χ0n) is 15.0. The highest BCUT2D eigenvalue weighted by atomic mass is 16.5. The highest BCUT2D eigenvalue weighted by molar-refractivity contribution is 6.14. The number of nitriles is 1. The van der Waals surface area contributed by atoms with Crippen molar-refractivity contribution in [3.8, 4) is 29.1 Å². The maximum absolute atomic E-state index is 12.7. The fourth-order valence-corrected chi connectivity index (χ4v) is 2.39. The number of hydrogen-bond donors (Lipinski definition) is 0. The molecule has 2 aromatic carbocycles. The van der Waals surface area contributed by atoms with E-state index in [0.29, 0.717) is 34.1 Å². The minimum absolute atomic E-state index is 0.0382. The average molecular weight is 353 g/mol. The van der Waals surface area contributed by atoms with Gasteiger partial charge in [0.15, 0.2) is 11.5 Å². The fraction of sp³-hybridized carbons (Fsp3) is 0.200. The third-order valence-corrected chi connectivity index (χ3v) is 3.73. The molecule has 134 valence electrons. The van der Waals surface area contributed by atoms with Crippen molar-refractivity contribution in [1.29, 1.82) is 5.26 Å². The van der Waals surface area contributed by atoms with E-state index in [4.69, 9.17) is 18.9 Å². The van der Waals surface area contributed by atoms with Crippen LogP contribution in [0.4, 0.5) is 0 Å². The van der Waals surface area contributed by atoms with Crippen molar-refractivity contribution in [2.24, 2.45) is 0 Å². The van der Waals surface area contributed by atoms with Crippen LogP contribution < -0.4 is 18.9 Å². The molecule has 0 aliphatic rings. The highest BCUT2D eigenvalue weighted by Gasteiger charge is 2.16. The summed E-state index contributed by atoms with van der Waals surface area (Å²) in [5, 5.41) is 9.47. The van der Waals surface area contributed by atoms with Gasteiger partial charge in [-0.15, -0.1) is 0 Å². The first-order valence-corrected chi connectivity index (χ1v) is 7.68. The van der Waals surface area contributed by atoms with E-state index in [1.54, 1.807) is 36.4 Å². The summed E-state index contributed by atoms with van der Waals surface area (Å²) >= 11 is 0. The Hall–Kier alpha value is -3.46. The minimum Gasteiger partial charge on any atom is -0.497 e. The lowest BCUT2D eigenvalue weighted by atomic mass is 10.0.